The number of benzene rings is 2. The summed E-state index contributed by atoms with van der Waals surface area (Å²) >= 11 is 5.93. The zero-order chi connectivity index (χ0) is 18.4. The van der Waals surface area contributed by atoms with Crippen LogP contribution in [-0.2, 0) is 4.79 Å². The summed E-state index contributed by atoms with van der Waals surface area (Å²) in [6, 6.07) is 12.1. The normalized spacial score (nSPS) is 12.8. The van der Waals surface area contributed by atoms with E-state index in [0.29, 0.717) is 22.3 Å². The van der Waals surface area contributed by atoms with Crippen molar-refractivity contribution in [1.82, 2.24) is 5.32 Å². The van der Waals surface area contributed by atoms with Crippen LogP contribution in [0.4, 0.5) is 0 Å². The van der Waals surface area contributed by atoms with Gasteiger partial charge in [-0.1, -0.05) is 17.7 Å². The summed E-state index contributed by atoms with van der Waals surface area (Å²) in [5.41, 5.74) is 0.824. The molecule has 134 valence electrons. The fourth-order valence-corrected chi connectivity index (χ4v) is 2.56. The standard InChI is InChI=1S/C19H22ClNO4/c1-12(17-11-15(23-3)8-9-18(17)24-4)21-19(22)13(2)25-16-7-5-6-14(20)10-16/h5-13H,1-4H3,(H,21,22). The Hall–Kier alpha value is -2.40. The highest BCUT2D eigenvalue weighted by molar-refractivity contribution is 6.30. The molecule has 0 radical (unpaired) electrons. The maximum atomic E-state index is 12.4. The molecular formula is C19H22ClNO4. The average molecular weight is 364 g/mol. The number of hydrogen-bond donors (Lipinski definition) is 1. The van der Waals surface area contributed by atoms with Gasteiger partial charge in [0.15, 0.2) is 6.10 Å². The molecular weight excluding hydrogens is 342 g/mol. The monoisotopic (exact) mass is 363 g/mol. The molecule has 0 saturated heterocycles. The molecule has 2 atom stereocenters. The second-order valence-corrected chi connectivity index (χ2v) is 5.99. The third-order valence-electron chi connectivity index (χ3n) is 3.74. The summed E-state index contributed by atoms with van der Waals surface area (Å²) in [4.78, 5) is 12.4. The van der Waals surface area contributed by atoms with E-state index in [2.05, 4.69) is 5.32 Å². The molecule has 0 saturated carbocycles. The highest BCUT2D eigenvalue weighted by Gasteiger charge is 2.20. The Bertz CT molecular complexity index is 735. The van der Waals surface area contributed by atoms with Crippen molar-refractivity contribution in [2.45, 2.75) is 26.0 Å². The first-order valence-electron chi connectivity index (χ1n) is 7.89. The number of nitrogens with one attached hydrogen (secondary N) is 1. The molecule has 0 aliphatic rings. The lowest BCUT2D eigenvalue weighted by Gasteiger charge is -2.21. The summed E-state index contributed by atoms with van der Waals surface area (Å²) in [6.07, 6.45) is -0.669. The molecule has 2 aromatic carbocycles. The molecule has 1 N–H and O–H groups in total. The van der Waals surface area contributed by atoms with Crippen molar-refractivity contribution in [1.29, 1.82) is 0 Å². The van der Waals surface area contributed by atoms with Gasteiger partial charge in [-0.05, 0) is 50.2 Å². The molecule has 25 heavy (non-hydrogen) atoms. The van der Waals surface area contributed by atoms with Gasteiger partial charge >= 0.3 is 0 Å². The van der Waals surface area contributed by atoms with Gasteiger partial charge in [0.05, 0.1) is 20.3 Å². The van der Waals surface area contributed by atoms with Gasteiger partial charge in [-0.15, -0.1) is 0 Å². The predicted octanol–water partition coefficient (Wildman–Crippen LogP) is 4.00. The molecule has 0 aliphatic carbocycles. The van der Waals surface area contributed by atoms with Crippen molar-refractivity contribution in [3.63, 3.8) is 0 Å². The Labute approximate surface area is 152 Å². The van der Waals surface area contributed by atoms with Crippen LogP contribution in [0.2, 0.25) is 5.02 Å². The Morgan fingerprint density at radius 1 is 1.04 bits per heavy atom. The molecule has 0 aliphatic heterocycles. The molecule has 2 aromatic rings. The lowest BCUT2D eigenvalue weighted by atomic mass is 10.1. The van der Waals surface area contributed by atoms with Crippen LogP contribution < -0.4 is 19.5 Å². The van der Waals surface area contributed by atoms with Crippen LogP contribution in [0.25, 0.3) is 0 Å². The maximum Gasteiger partial charge on any atom is 0.261 e. The van der Waals surface area contributed by atoms with Crippen LogP contribution in [0.5, 0.6) is 17.2 Å². The molecule has 2 unspecified atom stereocenters. The van der Waals surface area contributed by atoms with Gasteiger partial charge in [-0.3, -0.25) is 4.79 Å². The zero-order valence-electron chi connectivity index (χ0n) is 14.7. The van der Waals surface area contributed by atoms with E-state index in [0.717, 1.165) is 5.56 Å². The molecule has 2 rings (SSSR count). The largest absolute Gasteiger partial charge is 0.497 e. The molecule has 0 aromatic heterocycles. The van der Waals surface area contributed by atoms with Crippen molar-refractivity contribution < 1.29 is 19.0 Å². The van der Waals surface area contributed by atoms with E-state index >= 15 is 0 Å². The second-order valence-electron chi connectivity index (χ2n) is 5.56. The quantitative estimate of drug-likeness (QED) is 0.807. The zero-order valence-corrected chi connectivity index (χ0v) is 15.5. The van der Waals surface area contributed by atoms with Gasteiger partial charge < -0.3 is 19.5 Å². The van der Waals surface area contributed by atoms with E-state index in [4.69, 9.17) is 25.8 Å². The highest BCUT2D eigenvalue weighted by Crippen LogP contribution is 2.29. The van der Waals surface area contributed by atoms with Crippen molar-refractivity contribution in [2.24, 2.45) is 0 Å². The average Bonchev–Trinajstić information content (AvgIpc) is 2.60. The topological polar surface area (TPSA) is 56.8 Å². The SMILES string of the molecule is COc1ccc(OC)c(C(C)NC(=O)C(C)Oc2cccc(Cl)c2)c1. The van der Waals surface area contributed by atoms with E-state index in [1.54, 1.807) is 45.4 Å². The first-order chi connectivity index (χ1) is 11.9. The lowest BCUT2D eigenvalue weighted by Crippen LogP contribution is -2.37. The molecule has 6 heteroatoms. The summed E-state index contributed by atoms with van der Waals surface area (Å²) in [7, 11) is 3.18. The molecule has 0 bridgehead atoms. The Morgan fingerprint density at radius 2 is 1.80 bits per heavy atom. The van der Waals surface area contributed by atoms with E-state index in [1.165, 1.54) is 0 Å². The first-order valence-corrected chi connectivity index (χ1v) is 8.27. The van der Waals surface area contributed by atoms with Crippen LogP contribution >= 0.6 is 11.6 Å². The van der Waals surface area contributed by atoms with Crippen LogP contribution in [-0.4, -0.2) is 26.2 Å². The number of hydrogen-bond acceptors (Lipinski definition) is 4. The first kappa shape index (κ1) is 18.9. The lowest BCUT2D eigenvalue weighted by molar-refractivity contribution is -0.127. The van der Waals surface area contributed by atoms with E-state index in [9.17, 15) is 4.79 Å². The number of rotatable bonds is 7. The number of amides is 1. The van der Waals surface area contributed by atoms with Crippen molar-refractivity contribution in [3.8, 4) is 17.2 Å². The van der Waals surface area contributed by atoms with Crippen LogP contribution in [0.1, 0.15) is 25.5 Å². The molecule has 5 nitrogen and oxygen atoms in total. The van der Waals surface area contributed by atoms with E-state index in [-0.39, 0.29) is 11.9 Å². The fraction of sp³-hybridized carbons (Fsp3) is 0.316. The Morgan fingerprint density at radius 3 is 2.44 bits per heavy atom. The fourth-order valence-electron chi connectivity index (χ4n) is 2.38. The summed E-state index contributed by atoms with van der Waals surface area (Å²) in [6.45, 7) is 3.56. The maximum absolute atomic E-state index is 12.4. The van der Waals surface area contributed by atoms with Gasteiger partial charge in [0.25, 0.3) is 5.91 Å². The summed E-state index contributed by atoms with van der Waals surface area (Å²) in [5.74, 6) is 1.68. The third-order valence-corrected chi connectivity index (χ3v) is 3.98. The number of ether oxygens (including phenoxy) is 3. The van der Waals surface area contributed by atoms with Gasteiger partial charge in [0.2, 0.25) is 0 Å². The Kier molecular flexibility index (Phi) is 6.53. The Balaban J connectivity index is 2.06. The minimum atomic E-state index is -0.669. The molecule has 0 spiro atoms. The summed E-state index contributed by atoms with van der Waals surface area (Å²) < 4.78 is 16.2. The van der Waals surface area contributed by atoms with Crippen LogP contribution in [0.3, 0.4) is 0 Å². The highest BCUT2D eigenvalue weighted by atomic mass is 35.5. The number of carbonyl (C=O) groups excluding carboxylic acids is 1. The van der Waals surface area contributed by atoms with Crippen molar-refractivity contribution in [2.75, 3.05) is 14.2 Å². The smallest absolute Gasteiger partial charge is 0.261 e. The van der Waals surface area contributed by atoms with Crippen molar-refractivity contribution >= 4 is 17.5 Å². The van der Waals surface area contributed by atoms with E-state index < -0.39 is 6.10 Å². The third kappa shape index (κ3) is 5.03. The van der Waals surface area contributed by atoms with Gasteiger partial charge in [-0.2, -0.15) is 0 Å². The van der Waals surface area contributed by atoms with Crippen LogP contribution in [0.15, 0.2) is 42.5 Å². The van der Waals surface area contributed by atoms with E-state index in [1.807, 2.05) is 25.1 Å². The second kappa shape index (κ2) is 8.62. The molecule has 1 amide bonds. The van der Waals surface area contributed by atoms with Gasteiger partial charge in [0.1, 0.15) is 17.2 Å². The number of methoxy groups -OCH3 is 2. The molecule has 0 heterocycles. The summed E-state index contributed by atoms with van der Waals surface area (Å²) in [5, 5.41) is 3.48. The number of carbonyl (C=O) groups is 1. The number of halogens is 1. The van der Waals surface area contributed by atoms with Crippen molar-refractivity contribution in [3.05, 3.63) is 53.1 Å². The molecule has 0 fully saturated rings. The van der Waals surface area contributed by atoms with Crippen LogP contribution in [0, 0.1) is 0 Å². The predicted molar refractivity (Wildman–Crippen MR) is 97.6 cm³/mol. The minimum absolute atomic E-state index is 0.239. The minimum Gasteiger partial charge on any atom is -0.497 e. The van der Waals surface area contributed by atoms with Gasteiger partial charge in [-0.25, -0.2) is 0 Å². The van der Waals surface area contributed by atoms with Gasteiger partial charge in [0, 0.05) is 10.6 Å².